The highest BCUT2D eigenvalue weighted by Crippen LogP contribution is 2.30. The third-order valence-corrected chi connectivity index (χ3v) is 3.84. The van der Waals surface area contributed by atoms with Gasteiger partial charge in [0.05, 0.1) is 12.2 Å². The Balaban J connectivity index is 1.96. The average Bonchev–Trinajstić information content (AvgIpc) is 2.63. The summed E-state index contributed by atoms with van der Waals surface area (Å²) in [5.41, 5.74) is 5.84. The molecule has 1 saturated carbocycles. The minimum absolute atomic E-state index is 0.382. The molecule has 2 unspecified atom stereocenters. The summed E-state index contributed by atoms with van der Waals surface area (Å²) in [5.74, 6) is 0.725. The first-order chi connectivity index (χ1) is 7.20. The number of rotatable bonds is 2. The molecule has 1 saturated heterocycles. The molecule has 15 heavy (non-hydrogen) atoms. The number of nitrogens with two attached hydrogens (primary N) is 1. The minimum Gasteiger partial charge on any atom is -0.373 e. The summed E-state index contributed by atoms with van der Waals surface area (Å²) in [6.45, 7) is 7.38. The van der Waals surface area contributed by atoms with Crippen LogP contribution < -0.4 is 5.73 Å². The first kappa shape index (κ1) is 11.4. The maximum absolute atomic E-state index is 5.84. The van der Waals surface area contributed by atoms with Crippen LogP contribution in [0.15, 0.2) is 0 Å². The van der Waals surface area contributed by atoms with Crippen LogP contribution in [-0.2, 0) is 4.74 Å². The molecule has 2 N–H and O–H groups in total. The lowest BCUT2D eigenvalue weighted by Gasteiger charge is -2.40. The molecule has 2 fully saturated rings. The van der Waals surface area contributed by atoms with Gasteiger partial charge in [0.2, 0.25) is 0 Å². The Morgan fingerprint density at radius 2 is 1.87 bits per heavy atom. The zero-order valence-corrected chi connectivity index (χ0v) is 9.98. The highest BCUT2D eigenvalue weighted by atomic mass is 16.5. The van der Waals surface area contributed by atoms with E-state index in [9.17, 15) is 0 Å². The predicted octanol–water partition coefficient (Wildman–Crippen LogP) is 1.22. The van der Waals surface area contributed by atoms with E-state index in [0.29, 0.717) is 12.2 Å². The molecule has 2 rings (SSSR count). The Labute approximate surface area is 93.0 Å². The topological polar surface area (TPSA) is 38.5 Å². The second-order valence-electron chi connectivity index (χ2n) is 5.21. The van der Waals surface area contributed by atoms with Crippen LogP contribution in [0.1, 0.15) is 33.1 Å². The number of nitrogens with zero attached hydrogens (tertiary/aromatic N) is 1. The van der Waals surface area contributed by atoms with Gasteiger partial charge in [-0.15, -0.1) is 0 Å². The summed E-state index contributed by atoms with van der Waals surface area (Å²) < 4.78 is 5.77. The van der Waals surface area contributed by atoms with Crippen LogP contribution in [0.4, 0.5) is 0 Å². The van der Waals surface area contributed by atoms with Crippen LogP contribution in [-0.4, -0.2) is 42.8 Å². The fourth-order valence-electron chi connectivity index (χ4n) is 3.26. The number of hydrogen-bond donors (Lipinski definition) is 1. The van der Waals surface area contributed by atoms with E-state index in [0.717, 1.165) is 31.6 Å². The van der Waals surface area contributed by atoms with Gasteiger partial charge in [0.15, 0.2) is 0 Å². The zero-order valence-electron chi connectivity index (χ0n) is 9.98. The van der Waals surface area contributed by atoms with Crippen LogP contribution in [0, 0.1) is 5.92 Å². The maximum Gasteiger partial charge on any atom is 0.0678 e. The van der Waals surface area contributed by atoms with Gasteiger partial charge in [-0.3, -0.25) is 4.90 Å². The molecule has 4 atom stereocenters. The van der Waals surface area contributed by atoms with Crippen molar-refractivity contribution in [2.75, 3.05) is 19.6 Å². The molecule has 3 heteroatoms. The Bertz CT molecular complexity index is 200. The molecule has 0 bridgehead atoms. The molecule has 0 aromatic heterocycles. The minimum atomic E-state index is 0.382. The van der Waals surface area contributed by atoms with Crippen molar-refractivity contribution in [1.29, 1.82) is 0 Å². The molecule has 88 valence electrons. The normalized spacial score (nSPS) is 43.4. The van der Waals surface area contributed by atoms with E-state index in [1.165, 1.54) is 19.3 Å². The molecular formula is C12H24N2O. The van der Waals surface area contributed by atoms with Crippen molar-refractivity contribution in [3.63, 3.8) is 0 Å². The van der Waals surface area contributed by atoms with Crippen molar-refractivity contribution >= 4 is 0 Å². The molecule has 2 aliphatic rings. The second-order valence-corrected chi connectivity index (χ2v) is 5.21. The molecule has 0 aromatic rings. The molecule has 1 aliphatic carbocycles. The quantitative estimate of drug-likeness (QED) is 0.748. The second kappa shape index (κ2) is 4.81. The van der Waals surface area contributed by atoms with Crippen LogP contribution in [0.5, 0.6) is 0 Å². The van der Waals surface area contributed by atoms with Crippen molar-refractivity contribution in [3.8, 4) is 0 Å². The fraction of sp³-hybridized carbons (Fsp3) is 1.00. The average molecular weight is 212 g/mol. The first-order valence-electron chi connectivity index (χ1n) is 6.30. The van der Waals surface area contributed by atoms with E-state index in [-0.39, 0.29) is 0 Å². The van der Waals surface area contributed by atoms with E-state index >= 15 is 0 Å². The Morgan fingerprint density at radius 3 is 2.47 bits per heavy atom. The summed E-state index contributed by atoms with van der Waals surface area (Å²) in [6, 6.07) is 0.726. The Hall–Kier alpha value is -0.120. The molecule has 0 amide bonds. The monoisotopic (exact) mass is 212 g/mol. The van der Waals surface area contributed by atoms with Crippen LogP contribution in [0.25, 0.3) is 0 Å². The van der Waals surface area contributed by atoms with E-state index in [1.807, 2.05) is 0 Å². The van der Waals surface area contributed by atoms with Crippen molar-refractivity contribution < 1.29 is 4.74 Å². The van der Waals surface area contributed by atoms with Crippen molar-refractivity contribution in [3.05, 3.63) is 0 Å². The molecule has 3 nitrogen and oxygen atoms in total. The summed E-state index contributed by atoms with van der Waals surface area (Å²) in [4.78, 5) is 2.61. The van der Waals surface area contributed by atoms with Gasteiger partial charge in [-0.2, -0.15) is 0 Å². The third-order valence-electron chi connectivity index (χ3n) is 3.84. The summed E-state index contributed by atoms with van der Waals surface area (Å²) >= 11 is 0. The lowest BCUT2D eigenvalue weighted by Crippen LogP contribution is -2.51. The van der Waals surface area contributed by atoms with Gasteiger partial charge >= 0.3 is 0 Å². The lowest BCUT2D eigenvalue weighted by atomic mass is 10.0. The van der Waals surface area contributed by atoms with E-state index in [1.54, 1.807) is 0 Å². The number of hydrogen-bond acceptors (Lipinski definition) is 3. The standard InChI is InChI=1S/C12H24N2O/c1-9-7-14(8-10(2)15-9)12-5-3-4-11(12)6-13/h9-12H,3-8,13H2,1-2H3/t9-,10+,11?,12?. The molecule has 0 spiro atoms. The highest BCUT2D eigenvalue weighted by Gasteiger charge is 2.34. The van der Waals surface area contributed by atoms with Gasteiger partial charge in [-0.1, -0.05) is 6.42 Å². The predicted molar refractivity (Wildman–Crippen MR) is 61.8 cm³/mol. The molecule has 1 heterocycles. The summed E-state index contributed by atoms with van der Waals surface area (Å²) in [7, 11) is 0. The molecular weight excluding hydrogens is 188 g/mol. The molecule has 1 aliphatic heterocycles. The summed E-state index contributed by atoms with van der Waals surface area (Å²) in [6.07, 6.45) is 4.77. The van der Waals surface area contributed by atoms with Gasteiger partial charge < -0.3 is 10.5 Å². The van der Waals surface area contributed by atoms with E-state index in [4.69, 9.17) is 10.5 Å². The van der Waals surface area contributed by atoms with Gasteiger partial charge in [0.25, 0.3) is 0 Å². The third kappa shape index (κ3) is 2.52. The van der Waals surface area contributed by atoms with Crippen LogP contribution in [0.2, 0.25) is 0 Å². The lowest BCUT2D eigenvalue weighted by molar-refractivity contribution is -0.0840. The van der Waals surface area contributed by atoms with Gasteiger partial charge in [0, 0.05) is 19.1 Å². The van der Waals surface area contributed by atoms with Crippen molar-refractivity contribution in [2.45, 2.75) is 51.4 Å². The Kier molecular flexibility index (Phi) is 3.65. The molecule has 0 aromatic carbocycles. The van der Waals surface area contributed by atoms with Crippen molar-refractivity contribution in [2.24, 2.45) is 11.7 Å². The van der Waals surface area contributed by atoms with Gasteiger partial charge in [0.1, 0.15) is 0 Å². The molecule has 0 radical (unpaired) electrons. The van der Waals surface area contributed by atoms with E-state index in [2.05, 4.69) is 18.7 Å². The number of ether oxygens (including phenoxy) is 1. The first-order valence-corrected chi connectivity index (χ1v) is 6.30. The maximum atomic E-state index is 5.84. The fourth-order valence-corrected chi connectivity index (χ4v) is 3.26. The van der Waals surface area contributed by atoms with Crippen molar-refractivity contribution in [1.82, 2.24) is 4.90 Å². The zero-order chi connectivity index (χ0) is 10.8. The largest absolute Gasteiger partial charge is 0.373 e. The Morgan fingerprint density at radius 1 is 1.20 bits per heavy atom. The highest BCUT2D eigenvalue weighted by molar-refractivity contribution is 4.89. The number of morpholine rings is 1. The van der Waals surface area contributed by atoms with Crippen LogP contribution in [0.3, 0.4) is 0 Å². The van der Waals surface area contributed by atoms with E-state index < -0.39 is 0 Å². The smallest absolute Gasteiger partial charge is 0.0678 e. The SMILES string of the molecule is C[C@@H]1CN(C2CCCC2CN)C[C@H](C)O1. The summed E-state index contributed by atoms with van der Waals surface area (Å²) in [5, 5.41) is 0. The van der Waals surface area contributed by atoms with Gasteiger partial charge in [-0.25, -0.2) is 0 Å². The van der Waals surface area contributed by atoms with Crippen LogP contribution >= 0.6 is 0 Å². The van der Waals surface area contributed by atoms with Gasteiger partial charge in [-0.05, 0) is 39.2 Å².